The number of aryl methyl sites for hydroxylation is 1. The zero-order valence-electron chi connectivity index (χ0n) is 15.0. The Bertz CT molecular complexity index is 720. The molecule has 0 unspecified atom stereocenters. The normalized spacial score (nSPS) is 10.6. The smallest absolute Gasteiger partial charge is 0.338 e. The first-order chi connectivity index (χ1) is 12.0. The molecule has 1 amide bonds. The molecule has 0 aliphatic carbocycles. The molecule has 0 heterocycles. The van der Waals surface area contributed by atoms with E-state index in [9.17, 15) is 9.59 Å². The van der Waals surface area contributed by atoms with Crippen LogP contribution in [0.25, 0.3) is 0 Å². The van der Waals surface area contributed by atoms with E-state index in [-0.39, 0.29) is 12.5 Å². The van der Waals surface area contributed by atoms with Gasteiger partial charge in [-0.05, 0) is 48.1 Å². The minimum absolute atomic E-state index is 0.265. The molecule has 2 aromatic carbocycles. The van der Waals surface area contributed by atoms with Crippen LogP contribution in [-0.4, -0.2) is 25.0 Å². The topological polar surface area (TPSA) is 55.4 Å². The van der Waals surface area contributed by atoms with E-state index in [1.807, 2.05) is 43.3 Å². The van der Waals surface area contributed by atoms with Gasteiger partial charge in [0.05, 0.1) is 5.56 Å². The average molecular weight is 339 g/mol. The summed E-state index contributed by atoms with van der Waals surface area (Å²) in [6, 6.07) is 15.3. The van der Waals surface area contributed by atoms with Gasteiger partial charge < -0.3 is 10.1 Å². The maximum absolute atomic E-state index is 12.0. The van der Waals surface area contributed by atoms with Gasteiger partial charge in [-0.1, -0.05) is 50.2 Å². The summed E-state index contributed by atoms with van der Waals surface area (Å²) in [6.07, 6.45) is 0.753. The molecule has 4 nitrogen and oxygen atoms in total. The van der Waals surface area contributed by atoms with Crippen molar-refractivity contribution in [2.45, 2.75) is 33.1 Å². The van der Waals surface area contributed by atoms with Crippen LogP contribution in [0, 0.1) is 6.92 Å². The molecule has 0 aliphatic heterocycles. The summed E-state index contributed by atoms with van der Waals surface area (Å²) in [5, 5.41) is 2.77. The van der Waals surface area contributed by atoms with Crippen LogP contribution in [0.15, 0.2) is 48.5 Å². The lowest BCUT2D eigenvalue weighted by Crippen LogP contribution is -2.30. The fourth-order valence-electron chi connectivity index (χ4n) is 2.50. The average Bonchev–Trinajstić information content (AvgIpc) is 2.61. The lowest BCUT2D eigenvalue weighted by atomic mass is 10.0. The highest BCUT2D eigenvalue weighted by atomic mass is 16.5. The van der Waals surface area contributed by atoms with Gasteiger partial charge in [-0.3, -0.25) is 4.79 Å². The Morgan fingerprint density at radius 2 is 1.72 bits per heavy atom. The first-order valence-electron chi connectivity index (χ1n) is 8.55. The summed E-state index contributed by atoms with van der Waals surface area (Å²) in [6.45, 7) is 6.48. The minimum atomic E-state index is -0.482. The van der Waals surface area contributed by atoms with E-state index in [0.29, 0.717) is 18.0 Å². The Morgan fingerprint density at radius 1 is 1.04 bits per heavy atom. The van der Waals surface area contributed by atoms with Crippen molar-refractivity contribution in [3.8, 4) is 0 Å². The minimum Gasteiger partial charge on any atom is -0.452 e. The second-order valence-corrected chi connectivity index (χ2v) is 6.38. The SMILES string of the molecule is Cc1ccccc1CCNC(=O)COC(=O)c1ccc(C(C)C)cc1. The van der Waals surface area contributed by atoms with Crippen molar-refractivity contribution in [1.82, 2.24) is 5.32 Å². The molecule has 2 aromatic rings. The zero-order valence-corrected chi connectivity index (χ0v) is 15.0. The summed E-state index contributed by atoms with van der Waals surface area (Å²) in [7, 11) is 0. The molecular weight excluding hydrogens is 314 g/mol. The molecule has 0 bridgehead atoms. The monoisotopic (exact) mass is 339 g/mol. The van der Waals surface area contributed by atoms with Crippen molar-refractivity contribution in [2.75, 3.05) is 13.2 Å². The van der Waals surface area contributed by atoms with Crippen LogP contribution >= 0.6 is 0 Å². The van der Waals surface area contributed by atoms with E-state index in [4.69, 9.17) is 4.74 Å². The Kier molecular flexibility index (Phi) is 6.75. The number of carbonyl (C=O) groups is 2. The van der Waals surface area contributed by atoms with Crippen LogP contribution in [0.3, 0.4) is 0 Å². The van der Waals surface area contributed by atoms with Crippen LogP contribution in [0.1, 0.15) is 46.8 Å². The number of ether oxygens (including phenoxy) is 1. The lowest BCUT2D eigenvalue weighted by molar-refractivity contribution is -0.124. The third kappa shape index (κ3) is 5.75. The third-order valence-corrected chi connectivity index (χ3v) is 4.13. The number of hydrogen-bond acceptors (Lipinski definition) is 3. The molecule has 0 aliphatic rings. The van der Waals surface area contributed by atoms with Gasteiger partial charge in [0, 0.05) is 6.54 Å². The molecule has 4 heteroatoms. The summed E-state index contributed by atoms with van der Waals surface area (Å²) in [5.41, 5.74) is 4.01. The number of rotatable bonds is 7. The molecule has 132 valence electrons. The highest BCUT2D eigenvalue weighted by Crippen LogP contribution is 2.15. The van der Waals surface area contributed by atoms with Gasteiger partial charge in [0.2, 0.25) is 0 Å². The Labute approximate surface area is 149 Å². The number of hydrogen-bond donors (Lipinski definition) is 1. The van der Waals surface area contributed by atoms with E-state index in [0.717, 1.165) is 12.0 Å². The van der Waals surface area contributed by atoms with Crippen LogP contribution in [-0.2, 0) is 16.0 Å². The Hall–Kier alpha value is -2.62. The predicted octanol–water partition coefficient (Wildman–Crippen LogP) is 3.63. The molecule has 0 atom stereocenters. The molecule has 25 heavy (non-hydrogen) atoms. The second kappa shape index (κ2) is 9.02. The summed E-state index contributed by atoms with van der Waals surface area (Å²) in [4.78, 5) is 23.8. The van der Waals surface area contributed by atoms with Crippen molar-refractivity contribution in [1.29, 1.82) is 0 Å². The van der Waals surface area contributed by atoms with Gasteiger partial charge >= 0.3 is 5.97 Å². The van der Waals surface area contributed by atoms with Crippen LogP contribution in [0.2, 0.25) is 0 Å². The first kappa shape index (κ1) is 18.7. The molecule has 0 aromatic heterocycles. The van der Waals surface area contributed by atoms with E-state index < -0.39 is 5.97 Å². The fourth-order valence-corrected chi connectivity index (χ4v) is 2.50. The molecule has 2 rings (SSSR count). The largest absolute Gasteiger partial charge is 0.452 e. The molecule has 0 saturated heterocycles. The molecule has 1 N–H and O–H groups in total. The standard InChI is InChI=1S/C21H25NO3/c1-15(2)17-8-10-19(11-9-17)21(24)25-14-20(23)22-13-12-18-7-5-4-6-16(18)3/h4-11,15H,12-14H2,1-3H3,(H,22,23). The maximum Gasteiger partial charge on any atom is 0.338 e. The van der Waals surface area contributed by atoms with E-state index >= 15 is 0 Å². The van der Waals surface area contributed by atoms with Crippen molar-refractivity contribution in [3.05, 3.63) is 70.8 Å². The summed E-state index contributed by atoms with van der Waals surface area (Å²) >= 11 is 0. The lowest BCUT2D eigenvalue weighted by Gasteiger charge is -2.09. The Morgan fingerprint density at radius 3 is 2.36 bits per heavy atom. The second-order valence-electron chi connectivity index (χ2n) is 6.38. The predicted molar refractivity (Wildman–Crippen MR) is 98.7 cm³/mol. The van der Waals surface area contributed by atoms with Gasteiger partial charge in [-0.25, -0.2) is 4.79 Å². The van der Waals surface area contributed by atoms with E-state index in [1.54, 1.807) is 12.1 Å². The highest BCUT2D eigenvalue weighted by molar-refractivity contribution is 5.91. The summed E-state index contributed by atoms with van der Waals surface area (Å²) < 4.78 is 5.07. The Balaban J connectivity index is 1.74. The third-order valence-electron chi connectivity index (χ3n) is 4.13. The molecule has 0 spiro atoms. The molecular formula is C21H25NO3. The highest BCUT2D eigenvalue weighted by Gasteiger charge is 2.10. The van der Waals surface area contributed by atoms with Crippen LogP contribution < -0.4 is 5.32 Å². The number of nitrogens with one attached hydrogen (secondary N) is 1. The number of carbonyl (C=O) groups excluding carboxylic acids is 2. The molecule has 0 radical (unpaired) electrons. The maximum atomic E-state index is 12.0. The van der Waals surface area contributed by atoms with Crippen LogP contribution in [0.4, 0.5) is 0 Å². The molecule has 0 saturated carbocycles. The van der Waals surface area contributed by atoms with Crippen molar-refractivity contribution < 1.29 is 14.3 Å². The zero-order chi connectivity index (χ0) is 18.2. The number of amides is 1. The summed E-state index contributed by atoms with van der Waals surface area (Å²) in [5.74, 6) is -0.366. The van der Waals surface area contributed by atoms with Crippen molar-refractivity contribution in [2.24, 2.45) is 0 Å². The first-order valence-corrected chi connectivity index (χ1v) is 8.55. The van der Waals surface area contributed by atoms with Gasteiger partial charge in [0.15, 0.2) is 6.61 Å². The van der Waals surface area contributed by atoms with Crippen molar-refractivity contribution >= 4 is 11.9 Å². The van der Waals surface area contributed by atoms with E-state index in [2.05, 4.69) is 19.2 Å². The number of benzene rings is 2. The quantitative estimate of drug-likeness (QED) is 0.784. The van der Waals surface area contributed by atoms with Gasteiger partial charge in [0.25, 0.3) is 5.91 Å². The van der Waals surface area contributed by atoms with Gasteiger partial charge in [-0.2, -0.15) is 0 Å². The fraction of sp³-hybridized carbons (Fsp3) is 0.333. The number of esters is 1. The molecule has 0 fully saturated rings. The van der Waals surface area contributed by atoms with Gasteiger partial charge in [-0.15, -0.1) is 0 Å². The van der Waals surface area contributed by atoms with Crippen LogP contribution in [0.5, 0.6) is 0 Å². The van der Waals surface area contributed by atoms with Gasteiger partial charge in [0.1, 0.15) is 0 Å². The van der Waals surface area contributed by atoms with E-state index in [1.165, 1.54) is 11.1 Å². The van der Waals surface area contributed by atoms with Crippen molar-refractivity contribution in [3.63, 3.8) is 0 Å².